The Balaban J connectivity index is 2.86. The zero-order valence-corrected chi connectivity index (χ0v) is 7.94. The van der Waals surface area contributed by atoms with E-state index in [4.69, 9.17) is 11.6 Å². The van der Waals surface area contributed by atoms with Crippen LogP contribution >= 0.6 is 27.5 Å². The molecule has 1 heterocycles. The molecular weight excluding hydrogens is 255 g/mol. The van der Waals surface area contributed by atoms with Crippen molar-refractivity contribution in [1.29, 1.82) is 0 Å². The van der Waals surface area contributed by atoms with Gasteiger partial charge in [-0.15, -0.1) is 0 Å². The molecule has 0 aliphatic heterocycles. The molecule has 0 saturated carbocycles. The van der Waals surface area contributed by atoms with Gasteiger partial charge in [-0.2, -0.15) is 8.78 Å². The molecule has 12 heavy (non-hydrogen) atoms. The Labute approximate surface area is 80.6 Å². The summed E-state index contributed by atoms with van der Waals surface area (Å²) in [6.45, 7) is -2.86. The average molecular weight is 258 g/mol. The summed E-state index contributed by atoms with van der Waals surface area (Å²) in [7, 11) is 0. The molecule has 0 aliphatic carbocycles. The van der Waals surface area contributed by atoms with E-state index in [1.807, 2.05) is 0 Å². The van der Waals surface area contributed by atoms with E-state index in [1.165, 1.54) is 12.1 Å². The van der Waals surface area contributed by atoms with Crippen LogP contribution in [0.2, 0.25) is 5.15 Å². The van der Waals surface area contributed by atoms with Gasteiger partial charge in [-0.3, -0.25) is 0 Å². The maximum atomic E-state index is 11.7. The molecule has 1 rings (SSSR count). The van der Waals surface area contributed by atoms with Crippen LogP contribution in [0, 0.1) is 0 Å². The topological polar surface area (TPSA) is 22.1 Å². The maximum absolute atomic E-state index is 11.7. The number of hydrogen-bond donors (Lipinski definition) is 0. The van der Waals surface area contributed by atoms with Crippen LogP contribution in [0.1, 0.15) is 0 Å². The number of nitrogens with zero attached hydrogens (tertiary/aromatic N) is 1. The molecule has 0 aliphatic rings. The number of alkyl halides is 2. The third-order valence-electron chi connectivity index (χ3n) is 0.997. The van der Waals surface area contributed by atoms with Crippen LogP contribution in [0.3, 0.4) is 0 Å². The van der Waals surface area contributed by atoms with Crippen LogP contribution in [0.15, 0.2) is 16.7 Å². The minimum atomic E-state index is -2.86. The summed E-state index contributed by atoms with van der Waals surface area (Å²) in [5.41, 5.74) is 0. The van der Waals surface area contributed by atoms with E-state index < -0.39 is 6.61 Å². The molecule has 0 atom stereocenters. The summed E-state index contributed by atoms with van der Waals surface area (Å²) in [6.07, 6.45) is 0. The van der Waals surface area contributed by atoms with Crippen LogP contribution in [0.5, 0.6) is 5.75 Å². The zero-order valence-electron chi connectivity index (χ0n) is 5.60. The highest BCUT2D eigenvalue weighted by molar-refractivity contribution is 9.10. The number of halogens is 4. The fourth-order valence-electron chi connectivity index (χ4n) is 0.583. The van der Waals surface area contributed by atoms with Gasteiger partial charge in [-0.1, -0.05) is 11.6 Å². The second-order valence-electron chi connectivity index (χ2n) is 1.80. The van der Waals surface area contributed by atoms with Gasteiger partial charge in [0.2, 0.25) is 0 Å². The molecular formula is C6H3BrClF2NO. The number of pyridine rings is 1. The highest BCUT2D eigenvalue weighted by Crippen LogP contribution is 2.25. The van der Waals surface area contributed by atoms with Gasteiger partial charge in [0.15, 0.2) is 5.75 Å². The SMILES string of the molecule is FC(F)Oc1ccc(Cl)nc1Br. The average Bonchev–Trinajstić information content (AvgIpc) is 1.94. The van der Waals surface area contributed by atoms with Gasteiger partial charge < -0.3 is 4.74 Å². The van der Waals surface area contributed by atoms with Crippen molar-refractivity contribution >= 4 is 27.5 Å². The van der Waals surface area contributed by atoms with E-state index >= 15 is 0 Å². The molecule has 1 aromatic rings. The summed E-state index contributed by atoms with van der Waals surface area (Å²) in [6, 6.07) is 2.68. The van der Waals surface area contributed by atoms with Crippen LogP contribution in [-0.2, 0) is 0 Å². The smallest absolute Gasteiger partial charge is 0.387 e. The molecule has 0 bridgehead atoms. The minimum absolute atomic E-state index is 0.0330. The molecule has 0 aromatic carbocycles. The standard InChI is InChI=1S/C6H3BrClF2NO/c7-5-3(12-6(9)10)1-2-4(8)11-5/h1-2,6H. The Morgan fingerprint density at radius 2 is 2.17 bits per heavy atom. The van der Waals surface area contributed by atoms with Crippen molar-refractivity contribution in [1.82, 2.24) is 4.98 Å². The van der Waals surface area contributed by atoms with Gasteiger partial charge in [-0.25, -0.2) is 4.98 Å². The number of aromatic nitrogens is 1. The molecule has 0 N–H and O–H groups in total. The molecule has 0 saturated heterocycles. The second kappa shape index (κ2) is 4.00. The Morgan fingerprint density at radius 1 is 1.50 bits per heavy atom. The Morgan fingerprint density at radius 3 is 2.67 bits per heavy atom. The predicted molar refractivity (Wildman–Crippen MR) is 43.6 cm³/mol. The molecule has 6 heteroatoms. The van der Waals surface area contributed by atoms with Crippen molar-refractivity contribution in [3.05, 3.63) is 21.9 Å². The molecule has 66 valence electrons. The van der Waals surface area contributed by atoms with Crippen molar-refractivity contribution in [2.24, 2.45) is 0 Å². The van der Waals surface area contributed by atoms with Gasteiger partial charge in [0.25, 0.3) is 0 Å². The van der Waals surface area contributed by atoms with Crippen molar-refractivity contribution in [2.45, 2.75) is 6.61 Å². The highest BCUT2D eigenvalue weighted by atomic mass is 79.9. The Hall–Kier alpha value is -0.420. The van der Waals surface area contributed by atoms with Crippen LogP contribution in [0.4, 0.5) is 8.78 Å². The van der Waals surface area contributed by atoms with E-state index in [2.05, 4.69) is 25.7 Å². The lowest BCUT2D eigenvalue weighted by molar-refractivity contribution is -0.0506. The van der Waals surface area contributed by atoms with E-state index in [0.717, 1.165) is 0 Å². The minimum Gasteiger partial charge on any atom is -0.432 e. The van der Waals surface area contributed by atoms with Crippen molar-refractivity contribution in [3.63, 3.8) is 0 Å². The van der Waals surface area contributed by atoms with Gasteiger partial charge in [0, 0.05) is 0 Å². The van der Waals surface area contributed by atoms with E-state index in [9.17, 15) is 8.78 Å². The molecule has 0 unspecified atom stereocenters. The summed E-state index contributed by atoms with van der Waals surface area (Å²) in [4.78, 5) is 3.65. The molecule has 0 radical (unpaired) electrons. The van der Waals surface area contributed by atoms with Gasteiger partial charge in [0.05, 0.1) is 0 Å². The summed E-state index contributed by atoms with van der Waals surface area (Å²) >= 11 is 8.39. The van der Waals surface area contributed by atoms with Crippen molar-refractivity contribution in [2.75, 3.05) is 0 Å². The monoisotopic (exact) mass is 257 g/mol. The molecule has 2 nitrogen and oxygen atoms in total. The molecule has 1 aromatic heterocycles. The van der Waals surface area contributed by atoms with Gasteiger partial charge in [0.1, 0.15) is 9.76 Å². The van der Waals surface area contributed by atoms with Crippen LogP contribution in [0.25, 0.3) is 0 Å². The summed E-state index contributed by atoms with van der Waals surface area (Å²) in [5.74, 6) is -0.0330. The van der Waals surface area contributed by atoms with Crippen molar-refractivity contribution in [3.8, 4) is 5.75 Å². The second-order valence-corrected chi connectivity index (χ2v) is 2.94. The lowest BCUT2D eigenvalue weighted by Crippen LogP contribution is -2.02. The first-order chi connectivity index (χ1) is 5.59. The first-order valence-electron chi connectivity index (χ1n) is 2.86. The van der Waals surface area contributed by atoms with Gasteiger partial charge in [-0.05, 0) is 28.1 Å². The first kappa shape index (κ1) is 9.67. The summed E-state index contributed by atoms with van der Waals surface area (Å²) < 4.78 is 27.7. The van der Waals surface area contributed by atoms with Crippen molar-refractivity contribution < 1.29 is 13.5 Å². The Kier molecular flexibility index (Phi) is 3.22. The first-order valence-corrected chi connectivity index (χ1v) is 4.03. The number of hydrogen-bond acceptors (Lipinski definition) is 2. The molecule has 0 fully saturated rings. The molecule has 0 amide bonds. The third kappa shape index (κ3) is 2.57. The third-order valence-corrected chi connectivity index (χ3v) is 1.78. The fourth-order valence-corrected chi connectivity index (χ4v) is 1.25. The highest BCUT2D eigenvalue weighted by Gasteiger charge is 2.08. The zero-order chi connectivity index (χ0) is 9.14. The largest absolute Gasteiger partial charge is 0.432 e. The normalized spacial score (nSPS) is 10.4. The number of rotatable bonds is 2. The lowest BCUT2D eigenvalue weighted by atomic mass is 10.5. The maximum Gasteiger partial charge on any atom is 0.387 e. The van der Waals surface area contributed by atoms with Gasteiger partial charge >= 0.3 is 6.61 Å². The fraction of sp³-hybridized carbons (Fsp3) is 0.167. The predicted octanol–water partition coefficient (Wildman–Crippen LogP) is 3.10. The number of ether oxygens (including phenoxy) is 1. The van der Waals surface area contributed by atoms with E-state index in [0.29, 0.717) is 0 Å². The Bertz CT molecular complexity index is 284. The van der Waals surface area contributed by atoms with Crippen LogP contribution in [-0.4, -0.2) is 11.6 Å². The van der Waals surface area contributed by atoms with E-state index in [-0.39, 0.29) is 15.5 Å². The lowest BCUT2D eigenvalue weighted by Gasteiger charge is -2.04. The quantitative estimate of drug-likeness (QED) is 0.761. The van der Waals surface area contributed by atoms with E-state index in [1.54, 1.807) is 0 Å². The van der Waals surface area contributed by atoms with Crippen LogP contribution < -0.4 is 4.74 Å². The summed E-state index contributed by atoms with van der Waals surface area (Å²) in [5, 5.41) is 0.212. The molecule has 0 spiro atoms.